The van der Waals surface area contributed by atoms with Gasteiger partial charge in [-0.05, 0) is 13.8 Å². The summed E-state index contributed by atoms with van der Waals surface area (Å²) < 4.78 is 0. The molecule has 2 fully saturated rings. The molecule has 2 rings (SSSR count). The number of carboxylic acids is 1. The Bertz CT molecular complexity index is 507. The molecule has 1 atom stereocenters. The molecule has 0 aliphatic carbocycles. The molecule has 0 bridgehead atoms. The second-order valence-electron chi connectivity index (χ2n) is 5.46. The van der Waals surface area contributed by atoms with E-state index >= 15 is 0 Å². The smallest absolute Gasteiger partial charge is 0.327 e. The van der Waals surface area contributed by atoms with E-state index in [1.807, 2.05) is 0 Å². The number of amides is 4. The number of carboxylic acid groups (broad SMARTS) is 1. The van der Waals surface area contributed by atoms with Crippen LogP contribution in [0.1, 0.15) is 13.8 Å². The fourth-order valence-corrected chi connectivity index (χ4v) is 3.33. The maximum atomic E-state index is 12.3. The third-order valence-corrected chi connectivity index (χ3v) is 4.49. The number of hydrogen-bond donors (Lipinski definition) is 2. The van der Waals surface area contributed by atoms with Crippen molar-refractivity contribution in [1.82, 2.24) is 15.1 Å². The zero-order chi connectivity index (χ0) is 15.8. The van der Waals surface area contributed by atoms with Gasteiger partial charge in [0.1, 0.15) is 18.1 Å². The predicted molar refractivity (Wildman–Crippen MR) is 74.8 cm³/mol. The van der Waals surface area contributed by atoms with Crippen molar-refractivity contribution in [3.63, 3.8) is 0 Å². The van der Waals surface area contributed by atoms with Crippen LogP contribution in [0.15, 0.2) is 0 Å². The maximum absolute atomic E-state index is 12.3. The lowest BCUT2D eigenvalue weighted by atomic mass is 10.1. The van der Waals surface area contributed by atoms with Crippen LogP contribution in [-0.4, -0.2) is 74.9 Å². The highest BCUT2D eigenvalue weighted by molar-refractivity contribution is 7.99. The van der Waals surface area contributed by atoms with E-state index < -0.39 is 41.9 Å². The molecule has 0 aromatic rings. The van der Waals surface area contributed by atoms with E-state index in [0.29, 0.717) is 18.1 Å². The molecule has 2 aliphatic rings. The van der Waals surface area contributed by atoms with Crippen molar-refractivity contribution >= 4 is 35.6 Å². The Morgan fingerprint density at radius 3 is 2.62 bits per heavy atom. The van der Waals surface area contributed by atoms with Gasteiger partial charge >= 0.3 is 12.0 Å². The minimum Gasteiger partial charge on any atom is -0.480 e. The zero-order valence-corrected chi connectivity index (χ0v) is 12.6. The summed E-state index contributed by atoms with van der Waals surface area (Å²) in [4.78, 5) is 49.2. The average molecular weight is 315 g/mol. The normalized spacial score (nSPS) is 25.0. The first-order chi connectivity index (χ1) is 9.74. The molecule has 0 radical (unpaired) electrons. The van der Waals surface area contributed by atoms with Crippen LogP contribution < -0.4 is 5.32 Å². The van der Waals surface area contributed by atoms with Crippen LogP contribution in [0.4, 0.5) is 4.79 Å². The van der Waals surface area contributed by atoms with Gasteiger partial charge in [0, 0.05) is 18.1 Å². The van der Waals surface area contributed by atoms with E-state index in [1.54, 1.807) is 13.8 Å². The molecule has 2 N–H and O–H groups in total. The minimum atomic E-state index is -1.08. The Balaban J connectivity index is 2.09. The molecule has 0 aromatic carbocycles. The quantitative estimate of drug-likeness (QED) is 0.670. The third-order valence-electron chi connectivity index (χ3n) is 3.47. The number of carbonyl (C=O) groups excluding carboxylic acids is 3. The number of nitrogens with zero attached hydrogens (tertiary/aromatic N) is 2. The predicted octanol–water partition coefficient (Wildman–Crippen LogP) is -0.655. The molecule has 9 heteroatoms. The summed E-state index contributed by atoms with van der Waals surface area (Å²) in [5.41, 5.74) is -1.04. The number of carbonyl (C=O) groups is 4. The zero-order valence-electron chi connectivity index (χ0n) is 11.8. The fraction of sp³-hybridized carbons (Fsp3) is 0.667. The van der Waals surface area contributed by atoms with Gasteiger partial charge in [-0.3, -0.25) is 14.5 Å². The number of hydrogen-bond acceptors (Lipinski definition) is 5. The summed E-state index contributed by atoms with van der Waals surface area (Å²) in [6, 6.07) is -1.54. The molecule has 0 aromatic heterocycles. The summed E-state index contributed by atoms with van der Waals surface area (Å²) in [5, 5.41) is 11.6. The summed E-state index contributed by atoms with van der Waals surface area (Å²) in [5.74, 6) is -1.13. The summed E-state index contributed by atoms with van der Waals surface area (Å²) in [6.07, 6.45) is 0. The van der Waals surface area contributed by atoms with Crippen LogP contribution in [0.25, 0.3) is 0 Å². The van der Waals surface area contributed by atoms with Gasteiger partial charge in [0.2, 0.25) is 5.91 Å². The van der Waals surface area contributed by atoms with Gasteiger partial charge in [-0.25, -0.2) is 9.59 Å². The molecular formula is C12H17N3O5S. The number of rotatable bonds is 3. The van der Waals surface area contributed by atoms with E-state index in [4.69, 9.17) is 5.11 Å². The van der Waals surface area contributed by atoms with Crippen molar-refractivity contribution in [2.45, 2.75) is 25.4 Å². The van der Waals surface area contributed by atoms with Gasteiger partial charge in [0.05, 0.1) is 0 Å². The van der Waals surface area contributed by atoms with Crippen molar-refractivity contribution < 1.29 is 24.3 Å². The van der Waals surface area contributed by atoms with Gasteiger partial charge in [-0.1, -0.05) is 0 Å². The third kappa shape index (κ3) is 2.97. The van der Waals surface area contributed by atoms with Crippen molar-refractivity contribution in [3.8, 4) is 0 Å². The largest absolute Gasteiger partial charge is 0.480 e. The number of urea groups is 1. The number of thioether (sulfide) groups is 1. The minimum absolute atomic E-state index is 0.299. The Morgan fingerprint density at radius 2 is 2.10 bits per heavy atom. The fourth-order valence-electron chi connectivity index (χ4n) is 2.29. The monoisotopic (exact) mass is 315 g/mol. The molecule has 0 saturated carbocycles. The highest BCUT2D eigenvalue weighted by Crippen LogP contribution is 2.20. The Hall–Kier alpha value is -1.77. The van der Waals surface area contributed by atoms with Crippen LogP contribution in [0.5, 0.6) is 0 Å². The summed E-state index contributed by atoms with van der Waals surface area (Å²) in [6.45, 7) is 2.97. The number of nitrogens with one attached hydrogen (secondary N) is 1. The van der Waals surface area contributed by atoms with Gasteiger partial charge in [-0.15, -0.1) is 0 Å². The van der Waals surface area contributed by atoms with E-state index in [9.17, 15) is 19.2 Å². The van der Waals surface area contributed by atoms with Crippen molar-refractivity contribution in [2.75, 3.05) is 24.6 Å². The molecule has 0 spiro atoms. The van der Waals surface area contributed by atoms with Crippen LogP contribution >= 0.6 is 11.8 Å². The van der Waals surface area contributed by atoms with E-state index in [1.165, 1.54) is 16.7 Å². The molecule has 8 nitrogen and oxygen atoms in total. The molecule has 2 heterocycles. The first kappa shape index (κ1) is 15.6. The second-order valence-corrected chi connectivity index (χ2v) is 6.61. The lowest BCUT2D eigenvalue weighted by Gasteiger charge is -2.33. The first-order valence-electron chi connectivity index (χ1n) is 6.48. The van der Waals surface area contributed by atoms with Gasteiger partial charge in [0.25, 0.3) is 5.91 Å². The molecule has 4 amide bonds. The van der Waals surface area contributed by atoms with Crippen LogP contribution in [-0.2, 0) is 14.4 Å². The first-order valence-corrected chi connectivity index (χ1v) is 7.63. The van der Waals surface area contributed by atoms with Crippen LogP contribution in [0, 0.1) is 0 Å². The van der Waals surface area contributed by atoms with Gasteiger partial charge in [0.15, 0.2) is 0 Å². The van der Waals surface area contributed by atoms with Crippen LogP contribution in [0.2, 0.25) is 0 Å². The van der Waals surface area contributed by atoms with E-state index in [-0.39, 0.29) is 0 Å². The van der Waals surface area contributed by atoms with Gasteiger partial charge in [-0.2, -0.15) is 11.8 Å². The van der Waals surface area contributed by atoms with Crippen molar-refractivity contribution in [3.05, 3.63) is 0 Å². The number of aliphatic carboxylic acids is 1. The lowest BCUT2D eigenvalue weighted by Crippen LogP contribution is -2.54. The summed E-state index contributed by atoms with van der Waals surface area (Å²) in [7, 11) is 0. The Kier molecular flexibility index (Phi) is 4.13. The topological polar surface area (TPSA) is 107 Å². The average Bonchev–Trinajstić information content (AvgIpc) is 2.60. The van der Waals surface area contributed by atoms with Crippen LogP contribution in [0.3, 0.4) is 0 Å². The molecule has 2 saturated heterocycles. The van der Waals surface area contributed by atoms with Crippen molar-refractivity contribution in [1.29, 1.82) is 0 Å². The maximum Gasteiger partial charge on any atom is 0.327 e. The summed E-state index contributed by atoms with van der Waals surface area (Å²) >= 11 is 1.46. The van der Waals surface area contributed by atoms with Gasteiger partial charge < -0.3 is 15.3 Å². The van der Waals surface area contributed by atoms with E-state index in [0.717, 1.165) is 4.90 Å². The SMILES string of the molecule is CC1(C)NC(=O)N(CC(=O)N2CCSCC2C(=O)O)C1=O. The molecule has 21 heavy (non-hydrogen) atoms. The Labute approximate surface area is 125 Å². The molecule has 2 aliphatic heterocycles. The highest BCUT2D eigenvalue weighted by atomic mass is 32.2. The highest BCUT2D eigenvalue weighted by Gasteiger charge is 2.46. The molecular weight excluding hydrogens is 298 g/mol. The lowest BCUT2D eigenvalue weighted by molar-refractivity contribution is -0.150. The number of imide groups is 1. The second kappa shape index (κ2) is 5.55. The van der Waals surface area contributed by atoms with Crippen molar-refractivity contribution in [2.24, 2.45) is 0 Å². The van der Waals surface area contributed by atoms with E-state index in [2.05, 4.69) is 5.32 Å². The Morgan fingerprint density at radius 1 is 1.43 bits per heavy atom. The standard InChI is InChI=1S/C12H17N3O5S/c1-12(2)10(19)15(11(20)13-12)5-8(16)14-3-4-21-6-7(14)9(17)18/h7H,3-6H2,1-2H3,(H,13,20)(H,17,18). The molecule has 1 unspecified atom stereocenters. The molecule has 116 valence electrons.